The van der Waals surface area contributed by atoms with Crippen molar-refractivity contribution in [1.82, 2.24) is 4.90 Å². The van der Waals surface area contributed by atoms with Crippen molar-refractivity contribution in [2.24, 2.45) is 0 Å². The highest BCUT2D eigenvalue weighted by molar-refractivity contribution is 5.55. The van der Waals surface area contributed by atoms with Crippen LogP contribution in [0.25, 0.3) is 6.08 Å². The fourth-order valence-corrected chi connectivity index (χ4v) is 2.63. The SMILES string of the molecule is N#CC1(N2CCC2)C=CC(C=Cc2ccccc2)=CC1. The summed E-state index contributed by atoms with van der Waals surface area (Å²) in [6.07, 6.45) is 12.5. The van der Waals surface area contributed by atoms with E-state index in [0.29, 0.717) is 0 Å². The van der Waals surface area contributed by atoms with Gasteiger partial charge in [0.05, 0.1) is 6.07 Å². The average Bonchev–Trinajstić information content (AvgIpc) is 2.46. The van der Waals surface area contributed by atoms with Gasteiger partial charge in [-0.3, -0.25) is 4.90 Å². The second-order valence-electron chi connectivity index (χ2n) is 5.36. The number of hydrogen-bond acceptors (Lipinski definition) is 2. The van der Waals surface area contributed by atoms with Gasteiger partial charge >= 0.3 is 0 Å². The van der Waals surface area contributed by atoms with Crippen molar-refractivity contribution < 1.29 is 0 Å². The van der Waals surface area contributed by atoms with Crippen molar-refractivity contribution in [3.8, 4) is 6.07 Å². The number of benzene rings is 1. The normalized spacial score (nSPS) is 26.1. The van der Waals surface area contributed by atoms with Crippen LogP contribution in [0.15, 0.2) is 60.2 Å². The monoisotopic (exact) mass is 262 g/mol. The molecule has 1 fully saturated rings. The molecule has 2 heteroatoms. The topological polar surface area (TPSA) is 27.0 Å². The molecule has 0 radical (unpaired) electrons. The van der Waals surface area contributed by atoms with E-state index in [-0.39, 0.29) is 0 Å². The quantitative estimate of drug-likeness (QED) is 0.833. The Morgan fingerprint density at radius 1 is 1.15 bits per heavy atom. The molecule has 1 aromatic carbocycles. The van der Waals surface area contributed by atoms with Crippen LogP contribution in [0.3, 0.4) is 0 Å². The predicted molar refractivity (Wildman–Crippen MR) is 81.9 cm³/mol. The minimum absolute atomic E-state index is 0.400. The van der Waals surface area contributed by atoms with Gasteiger partial charge < -0.3 is 0 Å². The molecule has 0 amide bonds. The van der Waals surface area contributed by atoms with Crippen LogP contribution < -0.4 is 0 Å². The summed E-state index contributed by atoms with van der Waals surface area (Å²) >= 11 is 0. The highest BCUT2D eigenvalue weighted by Gasteiger charge is 2.37. The molecule has 1 aliphatic carbocycles. The molecule has 2 aliphatic rings. The van der Waals surface area contributed by atoms with Crippen LogP contribution in [0, 0.1) is 11.3 Å². The van der Waals surface area contributed by atoms with E-state index in [2.05, 4.69) is 53.5 Å². The predicted octanol–water partition coefficient (Wildman–Crippen LogP) is 3.55. The lowest BCUT2D eigenvalue weighted by molar-refractivity contribution is 0.101. The summed E-state index contributed by atoms with van der Waals surface area (Å²) in [7, 11) is 0. The number of hydrogen-bond donors (Lipinski definition) is 0. The summed E-state index contributed by atoms with van der Waals surface area (Å²) in [6.45, 7) is 2.09. The van der Waals surface area contributed by atoms with Crippen LogP contribution >= 0.6 is 0 Å². The van der Waals surface area contributed by atoms with Gasteiger partial charge in [-0.2, -0.15) is 5.26 Å². The van der Waals surface area contributed by atoms with E-state index in [1.165, 1.54) is 17.6 Å². The van der Waals surface area contributed by atoms with Crippen molar-refractivity contribution >= 4 is 6.08 Å². The van der Waals surface area contributed by atoms with Crippen molar-refractivity contribution in [3.63, 3.8) is 0 Å². The van der Waals surface area contributed by atoms with Gasteiger partial charge in [0, 0.05) is 19.5 Å². The molecule has 0 spiro atoms. The van der Waals surface area contributed by atoms with E-state index in [9.17, 15) is 5.26 Å². The average molecular weight is 262 g/mol. The summed E-state index contributed by atoms with van der Waals surface area (Å²) in [5, 5.41) is 9.48. The number of nitriles is 1. The molecule has 1 atom stereocenters. The van der Waals surface area contributed by atoms with Gasteiger partial charge in [-0.25, -0.2) is 0 Å². The van der Waals surface area contributed by atoms with Gasteiger partial charge in [-0.1, -0.05) is 54.6 Å². The molecule has 2 nitrogen and oxygen atoms in total. The summed E-state index contributed by atoms with van der Waals surface area (Å²) in [6, 6.07) is 12.8. The molecule has 0 N–H and O–H groups in total. The molecule has 0 bridgehead atoms. The van der Waals surface area contributed by atoms with Gasteiger partial charge in [-0.05, 0) is 23.6 Å². The van der Waals surface area contributed by atoms with Crippen molar-refractivity contribution in [3.05, 3.63) is 65.8 Å². The van der Waals surface area contributed by atoms with Crippen molar-refractivity contribution in [2.45, 2.75) is 18.4 Å². The minimum atomic E-state index is -0.400. The second-order valence-corrected chi connectivity index (χ2v) is 5.36. The van der Waals surface area contributed by atoms with Gasteiger partial charge in [0.2, 0.25) is 0 Å². The molecule has 100 valence electrons. The number of likely N-dealkylation sites (tertiary alicyclic amines) is 1. The number of nitrogens with zero attached hydrogens (tertiary/aromatic N) is 2. The summed E-state index contributed by atoms with van der Waals surface area (Å²) in [5.74, 6) is 0. The van der Waals surface area contributed by atoms with Gasteiger partial charge in [0.25, 0.3) is 0 Å². The zero-order chi connectivity index (χ0) is 13.8. The number of allylic oxidation sites excluding steroid dienone is 3. The largest absolute Gasteiger partial charge is 0.282 e. The molecular formula is C18H18N2. The van der Waals surface area contributed by atoms with Crippen LogP contribution in [0.4, 0.5) is 0 Å². The summed E-state index contributed by atoms with van der Waals surface area (Å²) in [4.78, 5) is 2.26. The Bertz CT molecular complexity index is 600. The minimum Gasteiger partial charge on any atom is -0.282 e. The third-order valence-corrected chi connectivity index (χ3v) is 4.08. The molecule has 0 aromatic heterocycles. The molecule has 20 heavy (non-hydrogen) atoms. The van der Waals surface area contributed by atoms with E-state index in [0.717, 1.165) is 19.5 Å². The lowest BCUT2D eigenvalue weighted by atomic mass is 9.86. The third-order valence-electron chi connectivity index (χ3n) is 4.08. The van der Waals surface area contributed by atoms with Crippen LogP contribution in [-0.4, -0.2) is 23.5 Å². The van der Waals surface area contributed by atoms with Crippen LogP contribution in [0.2, 0.25) is 0 Å². The molecule has 0 saturated carbocycles. The van der Waals surface area contributed by atoms with E-state index < -0.39 is 5.54 Å². The van der Waals surface area contributed by atoms with Gasteiger partial charge in [0.1, 0.15) is 5.54 Å². The lowest BCUT2D eigenvalue weighted by Crippen LogP contribution is -2.53. The van der Waals surface area contributed by atoms with Crippen molar-refractivity contribution in [2.75, 3.05) is 13.1 Å². The molecule has 1 aliphatic heterocycles. The first-order valence-corrected chi connectivity index (χ1v) is 7.11. The Morgan fingerprint density at radius 2 is 1.95 bits per heavy atom. The van der Waals surface area contributed by atoms with Gasteiger partial charge in [-0.15, -0.1) is 0 Å². The Labute approximate surface area is 120 Å². The standard InChI is InChI=1S/C18H18N2/c19-15-18(20-13-4-14-20)11-9-17(10-12-18)8-7-16-5-2-1-3-6-16/h1-3,5-11H,4,12-14H2. The fourth-order valence-electron chi connectivity index (χ4n) is 2.63. The van der Waals surface area contributed by atoms with E-state index in [1.54, 1.807) is 0 Å². The maximum absolute atomic E-state index is 9.48. The molecule has 1 saturated heterocycles. The van der Waals surface area contributed by atoms with Crippen molar-refractivity contribution in [1.29, 1.82) is 5.26 Å². The van der Waals surface area contributed by atoms with Crippen LogP contribution in [-0.2, 0) is 0 Å². The first-order valence-electron chi connectivity index (χ1n) is 7.11. The molecule has 1 aromatic rings. The fraction of sp³-hybridized carbons (Fsp3) is 0.278. The summed E-state index contributed by atoms with van der Waals surface area (Å²) < 4.78 is 0. The maximum atomic E-state index is 9.48. The zero-order valence-corrected chi connectivity index (χ0v) is 11.5. The molecule has 1 heterocycles. The van der Waals surface area contributed by atoms with E-state index >= 15 is 0 Å². The Hall–Kier alpha value is -2.11. The first-order chi connectivity index (χ1) is 9.82. The lowest BCUT2D eigenvalue weighted by Gasteiger charge is -2.43. The second kappa shape index (κ2) is 5.48. The highest BCUT2D eigenvalue weighted by Crippen LogP contribution is 2.31. The number of rotatable bonds is 3. The Kier molecular flexibility index (Phi) is 3.54. The Balaban J connectivity index is 1.70. The maximum Gasteiger partial charge on any atom is 0.131 e. The van der Waals surface area contributed by atoms with E-state index in [1.807, 2.05) is 18.2 Å². The smallest absolute Gasteiger partial charge is 0.131 e. The molecule has 1 unspecified atom stereocenters. The molecule has 3 rings (SSSR count). The van der Waals surface area contributed by atoms with Gasteiger partial charge in [0.15, 0.2) is 0 Å². The first kappa shape index (κ1) is 12.9. The highest BCUT2D eigenvalue weighted by atomic mass is 15.2. The van der Waals surface area contributed by atoms with E-state index in [4.69, 9.17) is 0 Å². The molecular weight excluding hydrogens is 244 g/mol. The third kappa shape index (κ3) is 2.45. The summed E-state index contributed by atoms with van der Waals surface area (Å²) in [5.41, 5.74) is 1.98. The Morgan fingerprint density at radius 3 is 2.50 bits per heavy atom. The van der Waals surface area contributed by atoms with Crippen LogP contribution in [0.1, 0.15) is 18.4 Å². The zero-order valence-electron chi connectivity index (χ0n) is 11.5. The van der Waals surface area contributed by atoms with Crippen LogP contribution in [0.5, 0.6) is 0 Å².